The second-order valence-electron chi connectivity index (χ2n) is 4.67. The molecule has 0 saturated carbocycles. The van der Waals surface area contributed by atoms with Crippen LogP contribution in [0.15, 0.2) is 30.6 Å². The first kappa shape index (κ1) is 12.9. The first-order chi connectivity index (χ1) is 9.63. The fourth-order valence-electron chi connectivity index (χ4n) is 2.67. The highest BCUT2D eigenvalue weighted by atomic mass is 35.5. The van der Waals surface area contributed by atoms with E-state index in [1.54, 1.807) is 0 Å². The van der Waals surface area contributed by atoms with Crippen LogP contribution in [0.25, 0.3) is 22.2 Å². The van der Waals surface area contributed by atoms with Crippen LogP contribution in [0, 0.1) is 6.92 Å². The molecule has 0 aliphatic heterocycles. The minimum absolute atomic E-state index is 0.509. The molecule has 0 aliphatic rings. The lowest BCUT2D eigenvalue weighted by Gasteiger charge is -2.05. The molecule has 0 amide bonds. The number of fused-ring (bicyclic) bond motifs is 1. The van der Waals surface area contributed by atoms with E-state index in [9.17, 15) is 0 Å². The van der Waals surface area contributed by atoms with Crippen LogP contribution in [0.3, 0.4) is 0 Å². The van der Waals surface area contributed by atoms with Crippen molar-refractivity contribution >= 4 is 28.5 Å². The van der Waals surface area contributed by atoms with E-state index < -0.39 is 0 Å². The summed E-state index contributed by atoms with van der Waals surface area (Å²) in [5.41, 5.74) is 10.2. The van der Waals surface area contributed by atoms with Crippen LogP contribution in [0.5, 0.6) is 0 Å². The van der Waals surface area contributed by atoms with Gasteiger partial charge < -0.3 is 10.3 Å². The van der Waals surface area contributed by atoms with Gasteiger partial charge in [-0.05, 0) is 31.5 Å². The maximum Gasteiger partial charge on any atom is 0.146 e. The minimum Gasteiger partial charge on any atom is -0.383 e. The van der Waals surface area contributed by atoms with E-state index >= 15 is 0 Å². The number of anilines is 1. The van der Waals surface area contributed by atoms with Crippen LogP contribution in [-0.2, 0) is 6.54 Å². The molecule has 4 nitrogen and oxygen atoms in total. The maximum absolute atomic E-state index is 6.07. The first-order valence-electron chi connectivity index (χ1n) is 6.48. The Bertz CT molecular complexity index is 775. The van der Waals surface area contributed by atoms with Gasteiger partial charge in [-0.15, -0.1) is 0 Å². The smallest absolute Gasteiger partial charge is 0.146 e. The van der Waals surface area contributed by atoms with Gasteiger partial charge in [0, 0.05) is 22.8 Å². The molecule has 3 aromatic rings. The van der Waals surface area contributed by atoms with Crippen LogP contribution in [0.2, 0.25) is 5.02 Å². The molecule has 2 aromatic heterocycles. The molecule has 20 heavy (non-hydrogen) atoms. The van der Waals surface area contributed by atoms with Gasteiger partial charge in [-0.3, -0.25) is 0 Å². The van der Waals surface area contributed by atoms with Gasteiger partial charge in [-0.1, -0.05) is 23.7 Å². The van der Waals surface area contributed by atoms with Crippen molar-refractivity contribution in [2.75, 3.05) is 5.73 Å². The average Bonchev–Trinajstić information content (AvgIpc) is 2.73. The Labute approximate surface area is 122 Å². The van der Waals surface area contributed by atoms with E-state index in [-0.39, 0.29) is 0 Å². The number of nitrogen functional groups attached to an aromatic ring is 1. The summed E-state index contributed by atoms with van der Waals surface area (Å²) >= 11 is 5.97. The van der Waals surface area contributed by atoms with Crippen LogP contribution < -0.4 is 5.73 Å². The van der Waals surface area contributed by atoms with Crippen molar-refractivity contribution in [1.82, 2.24) is 14.5 Å². The molecule has 0 atom stereocenters. The Morgan fingerprint density at radius 3 is 2.55 bits per heavy atom. The first-order valence-corrected chi connectivity index (χ1v) is 6.86. The Balaban J connectivity index is 2.40. The number of nitrogens with zero attached hydrogens (tertiary/aromatic N) is 3. The monoisotopic (exact) mass is 286 g/mol. The van der Waals surface area contributed by atoms with Crippen molar-refractivity contribution in [3.63, 3.8) is 0 Å². The molecular formula is C15H15ClN4. The van der Waals surface area contributed by atoms with Crippen molar-refractivity contribution in [2.45, 2.75) is 20.4 Å². The molecule has 0 saturated heterocycles. The number of aryl methyl sites for hydroxylation is 1. The number of rotatable bonds is 2. The highest BCUT2D eigenvalue weighted by Crippen LogP contribution is 2.36. The van der Waals surface area contributed by atoms with Crippen molar-refractivity contribution < 1.29 is 0 Å². The number of hydrogen-bond acceptors (Lipinski definition) is 3. The summed E-state index contributed by atoms with van der Waals surface area (Å²) in [6.07, 6.45) is 1.51. The summed E-state index contributed by atoms with van der Waals surface area (Å²) in [6.45, 7) is 5.01. The summed E-state index contributed by atoms with van der Waals surface area (Å²) in [5, 5.41) is 1.63. The van der Waals surface area contributed by atoms with Crippen LogP contribution >= 0.6 is 11.6 Å². The van der Waals surface area contributed by atoms with Gasteiger partial charge in [-0.25, -0.2) is 9.97 Å². The molecule has 0 spiro atoms. The van der Waals surface area contributed by atoms with Crippen LogP contribution in [0.4, 0.5) is 5.82 Å². The van der Waals surface area contributed by atoms with Crippen molar-refractivity contribution in [3.05, 3.63) is 41.3 Å². The van der Waals surface area contributed by atoms with Gasteiger partial charge in [0.25, 0.3) is 0 Å². The zero-order valence-corrected chi connectivity index (χ0v) is 12.1. The Hall–Kier alpha value is -2.07. The highest BCUT2D eigenvalue weighted by molar-refractivity contribution is 6.30. The lowest BCUT2D eigenvalue weighted by molar-refractivity contribution is 0.761. The molecule has 2 heterocycles. The fraction of sp³-hybridized carbons (Fsp3) is 0.200. The zero-order valence-electron chi connectivity index (χ0n) is 11.4. The third kappa shape index (κ3) is 1.84. The quantitative estimate of drug-likeness (QED) is 0.782. The molecule has 0 radical (unpaired) electrons. The standard InChI is InChI=1S/C15H15ClN4/c1-3-20-9(2)12(10-4-6-11(16)7-5-10)13-14(17)18-8-19-15(13)20/h4-8H,3H2,1-2H3,(H2,17,18,19). The van der Waals surface area contributed by atoms with Crippen molar-refractivity contribution in [2.24, 2.45) is 0 Å². The van der Waals surface area contributed by atoms with Crippen LogP contribution in [0.1, 0.15) is 12.6 Å². The summed E-state index contributed by atoms with van der Waals surface area (Å²) in [7, 11) is 0. The average molecular weight is 287 g/mol. The van der Waals surface area contributed by atoms with E-state index in [0.29, 0.717) is 5.82 Å². The maximum atomic E-state index is 6.07. The highest BCUT2D eigenvalue weighted by Gasteiger charge is 2.18. The largest absolute Gasteiger partial charge is 0.383 e. The molecule has 0 unspecified atom stereocenters. The SMILES string of the molecule is CCn1c(C)c(-c2ccc(Cl)cc2)c2c(N)ncnc21. The van der Waals surface area contributed by atoms with Gasteiger partial charge in [-0.2, -0.15) is 0 Å². The van der Waals surface area contributed by atoms with Gasteiger partial charge in [0.2, 0.25) is 0 Å². The number of benzene rings is 1. The van der Waals surface area contributed by atoms with Gasteiger partial charge in [0.1, 0.15) is 17.8 Å². The van der Waals surface area contributed by atoms with E-state index in [1.165, 1.54) is 6.33 Å². The lowest BCUT2D eigenvalue weighted by Crippen LogP contribution is -1.98. The van der Waals surface area contributed by atoms with Gasteiger partial charge in [0.15, 0.2) is 0 Å². The third-order valence-corrected chi connectivity index (χ3v) is 3.83. The summed E-state index contributed by atoms with van der Waals surface area (Å²) in [6, 6.07) is 7.75. The van der Waals surface area contributed by atoms with E-state index in [0.717, 1.165) is 39.4 Å². The predicted molar refractivity (Wildman–Crippen MR) is 82.8 cm³/mol. The van der Waals surface area contributed by atoms with E-state index in [4.69, 9.17) is 17.3 Å². The number of nitrogens with two attached hydrogens (primary N) is 1. The van der Waals surface area contributed by atoms with Crippen molar-refractivity contribution in [3.8, 4) is 11.1 Å². The predicted octanol–water partition coefficient (Wildman–Crippen LogP) is 3.66. The Morgan fingerprint density at radius 1 is 1.20 bits per heavy atom. The molecule has 3 rings (SSSR count). The molecule has 102 valence electrons. The molecular weight excluding hydrogens is 272 g/mol. The molecule has 5 heteroatoms. The van der Waals surface area contributed by atoms with Crippen LogP contribution in [-0.4, -0.2) is 14.5 Å². The van der Waals surface area contributed by atoms with E-state index in [2.05, 4.69) is 28.4 Å². The summed E-state index contributed by atoms with van der Waals surface area (Å²) in [4.78, 5) is 8.51. The molecule has 1 aromatic carbocycles. The number of halogens is 1. The third-order valence-electron chi connectivity index (χ3n) is 3.58. The second-order valence-corrected chi connectivity index (χ2v) is 5.11. The summed E-state index contributed by atoms with van der Waals surface area (Å²) < 4.78 is 2.15. The fourth-order valence-corrected chi connectivity index (χ4v) is 2.79. The minimum atomic E-state index is 0.509. The molecule has 0 bridgehead atoms. The van der Waals surface area contributed by atoms with Gasteiger partial charge >= 0.3 is 0 Å². The molecule has 0 aliphatic carbocycles. The Kier molecular flexibility index (Phi) is 3.10. The topological polar surface area (TPSA) is 56.7 Å². The summed E-state index contributed by atoms with van der Waals surface area (Å²) in [5.74, 6) is 0.509. The zero-order chi connectivity index (χ0) is 14.3. The lowest BCUT2D eigenvalue weighted by atomic mass is 10.0. The Morgan fingerprint density at radius 2 is 1.90 bits per heavy atom. The molecule has 2 N–H and O–H groups in total. The second kappa shape index (κ2) is 4.80. The van der Waals surface area contributed by atoms with Crippen molar-refractivity contribution in [1.29, 1.82) is 0 Å². The normalized spacial score (nSPS) is 11.2. The van der Waals surface area contributed by atoms with E-state index in [1.807, 2.05) is 24.3 Å². The molecule has 0 fully saturated rings. The van der Waals surface area contributed by atoms with Gasteiger partial charge in [0.05, 0.1) is 5.39 Å². The number of hydrogen-bond donors (Lipinski definition) is 1. The number of aromatic nitrogens is 3.